The number of aromatic nitrogens is 1. The van der Waals surface area contributed by atoms with Gasteiger partial charge in [-0.25, -0.2) is 8.42 Å². The van der Waals surface area contributed by atoms with Gasteiger partial charge in [0.05, 0.1) is 10.4 Å². The third-order valence-electron chi connectivity index (χ3n) is 3.75. The van der Waals surface area contributed by atoms with Gasteiger partial charge in [-0.3, -0.25) is 4.98 Å². The molecule has 1 aromatic heterocycles. The van der Waals surface area contributed by atoms with Crippen molar-refractivity contribution in [1.29, 1.82) is 0 Å². The minimum atomic E-state index is -3.64. The van der Waals surface area contributed by atoms with Gasteiger partial charge >= 0.3 is 0 Å². The lowest BCUT2D eigenvalue weighted by atomic mass is 10.1. The minimum absolute atomic E-state index is 0.213. The SMILES string of the molecule is Cc1ccc(S(=O)(=O)N(C)C(C)(C)CCl)c2cccnc12. The number of sulfonamides is 1. The molecule has 6 heteroatoms. The first kappa shape index (κ1) is 16.2. The van der Waals surface area contributed by atoms with E-state index in [0.717, 1.165) is 5.56 Å². The zero-order chi connectivity index (χ0) is 15.8. The molecule has 2 rings (SSSR count). The van der Waals surface area contributed by atoms with Crippen molar-refractivity contribution in [2.75, 3.05) is 12.9 Å². The Morgan fingerprint density at radius 2 is 1.95 bits per heavy atom. The van der Waals surface area contributed by atoms with Gasteiger partial charge in [-0.2, -0.15) is 4.31 Å². The topological polar surface area (TPSA) is 50.3 Å². The van der Waals surface area contributed by atoms with Gasteiger partial charge in [-0.05, 0) is 44.5 Å². The largest absolute Gasteiger partial charge is 0.256 e. The number of nitrogens with zero attached hydrogens (tertiary/aromatic N) is 2. The summed E-state index contributed by atoms with van der Waals surface area (Å²) in [6.45, 7) is 5.51. The highest BCUT2D eigenvalue weighted by atomic mass is 35.5. The fourth-order valence-electron chi connectivity index (χ4n) is 2.07. The van der Waals surface area contributed by atoms with Gasteiger partial charge < -0.3 is 0 Å². The van der Waals surface area contributed by atoms with E-state index >= 15 is 0 Å². The Hall–Kier alpha value is -1.17. The Morgan fingerprint density at radius 3 is 2.57 bits per heavy atom. The number of rotatable bonds is 4. The molecule has 0 unspecified atom stereocenters. The standard InChI is InChI=1S/C15H19ClN2O2S/c1-11-7-8-13(12-6-5-9-17-14(11)12)21(19,20)18(4)15(2,3)10-16/h5-9H,10H2,1-4H3. The molecule has 0 aliphatic carbocycles. The molecule has 1 heterocycles. The first-order chi connectivity index (χ1) is 9.71. The normalized spacial score (nSPS) is 13.0. The van der Waals surface area contributed by atoms with Crippen molar-refractivity contribution in [2.24, 2.45) is 0 Å². The number of hydrogen-bond donors (Lipinski definition) is 0. The van der Waals surface area contributed by atoms with Gasteiger partial charge in [0, 0.05) is 30.0 Å². The number of aryl methyl sites for hydroxylation is 1. The highest BCUT2D eigenvalue weighted by molar-refractivity contribution is 7.89. The van der Waals surface area contributed by atoms with Gasteiger partial charge in [-0.1, -0.05) is 6.07 Å². The molecule has 0 spiro atoms. The Morgan fingerprint density at radius 1 is 1.29 bits per heavy atom. The zero-order valence-corrected chi connectivity index (χ0v) is 14.2. The van der Waals surface area contributed by atoms with Crippen LogP contribution in [0.25, 0.3) is 10.9 Å². The fraction of sp³-hybridized carbons (Fsp3) is 0.400. The van der Waals surface area contributed by atoms with E-state index in [2.05, 4.69) is 4.98 Å². The van der Waals surface area contributed by atoms with Gasteiger partial charge in [0.15, 0.2) is 0 Å². The Bertz CT molecular complexity index is 772. The van der Waals surface area contributed by atoms with Crippen molar-refractivity contribution in [3.05, 3.63) is 36.0 Å². The van der Waals surface area contributed by atoms with Crippen LogP contribution in [0.5, 0.6) is 0 Å². The van der Waals surface area contributed by atoms with Crippen LogP contribution in [0.2, 0.25) is 0 Å². The highest BCUT2D eigenvalue weighted by Crippen LogP contribution is 2.29. The summed E-state index contributed by atoms with van der Waals surface area (Å²) in [5.74, 6) is 0.213. The number of alkyl halides is 1. The summed E-state index contributed by atoms with van der Waals surface area (Å²) in [5.41, 5.74) is 0.985. The maximum atomic E-state index is 12.9. The lowest BCUT2D eigenvalue weighted by molar-refractivity contribution is 0.296. The molecule has 0 bridgehead atoms. The molecule has 2 aromatic rings. The maximum Gasteiger partial charge on any atom is 0.244 e. The van der Waals surface area contributed by atoms with Gasteiger partial charge in [0.1, 0.15) is 0 Å². The van der Waals surface area contributed by atoms with E-state index in [9.17, 15) is 8.42 Å². The van der Waals surface area contributed by atoms with Crippen LogP contribution < -0.4 is 0 Å². The number of fused-ring (bicyclic) bond motifs is 1. The second-order valence-electron chi connectivity index (χ2n) is 5.70. The van der Waals surface area contributed by atoms with Crippen LogP contribution in [0.4, 0.5) is 0 Å². The summed E-state index contributed by atoms with van der Waals surface area (Å²) in [7, 11) is -2.09. The number of benzene rings is 1. The molecule has 0 N–H and O–H groups in total. The third kappa shape index (κ3) is 2.78. The van der Waals surface area contributed by atoms with Crippen molar-refractivity contribution in [2.45, 2.75) is 31.2 Å². The lowest BCUT2D eigenvalue weighted by Crippen LogP contribution is -2.46. The van der Waals surface area contributed by atoms with Crippen molar-refractivity contribution in [3.8, 4) is 0 Å². The second kappa shape index (κ2) is 5.55. The van der Waals surface area contributed by atoms with Gasteiger partial charge in [-0.15, -0.1) is 11.6 Å². The minimum Gasteiger partial charge on any atom is -0.256 e. The van der Waals surface area contributed by atoms with Crippen molar-refractivity contribution in [3.63, 3.8) is 0 Å². The molecule has 0 saturated heterocycles. The van der Waals surface area contributed by atoms with E-state index < -0.39 is 15.6 Å². The summed E-state index contributed by atoms with van der Waals surface area (Å²) in [5, 5.41) is 0.634. The van der Waals surface area contributed by atoms with Crippen molar-refractivity contribution < 1.29 is 8.42 Å². The zero-order valence-electron chi connectivity index (χ0n) is 12.6. The molecule has 0 radical (unpaired) electrons. The van der Waals surface area contributed by atoms with Crippen LogP contribution in [0.1, 0.15) is 19.4 Å². The average molecular weight is 327 g/mol. The maximum absolute atomic E-state index is 12.9. The third-order valence-corrected chi connectivity index (χ3v) is 6.53. The number of halogens is 1. The molecule has 0 fully saturated rings. The molecule has 21 heavy (non-hydrogen) atoms. The van der Waals surface area contributed by atoms with Crippen molar-refractivity contribution in [1.82, 2.24) is 9.29 Å². The predicted molar refractivity (Wildman–Crippen MR) is 86.2 cm³/mol. The molecule has 0 saturated carbocycles. The Kier molecular flexibility index (Phi) is 4.29. The lowest BCUT2D eigenvalue weighted by Gasteiger charge is -2.33. The predicted octanol–water partition coefficient (Wildman–Crippen LogP) is 3.18. The first-order valence-electron chi connectivity index (χ1n) is 6.61. The second-order valence-corrected chi connectivity index (χ2v) is 7.90. The molecule has 1 aromatic carbocycles. The molecular formula is C15H19ClN2O2S. The van der Waals surface area contributed by atoms with E-state index in [4.69, 9.17) is 11.6 Å². The number of pyridine rings is 1. The molecule has 0 amide bonds. The molecule has 0 aliphatic rings. The van der Waals surface area contributed by atoms with Crippen LogP contribution in [0, 0.1) is 6.92 Å². The Balaban J connectivity index is 2.70. The highest BCUT2D eigenvalue weighted by Gasteiger charge is 2.34. The van der Waals surface area contributed by atoms with E-state index in [1.165, 1.54) is 4.31 Å². The first-order valence-corrected chi connectivity index (χ1v) is 8.58. The van der Waals surface area contributed by atoms with E-state index in [-0.39, 0.29) is 10.8 Å². The van der Waals surface area contributed by atoms with Crippen LogP contribution in [-0.2, 0) is 10.0 Å². The van der Waals surface area contributed by atoms with E-state index in [0.29, 0.717) is 10.9 Å². The van der Waals surface area contributed by atoms with Crippen LogP contribution in [0.3, 0.4) is 0 Å². The molecule has 0 aliphatic heterocycles. The monoisotopic (exact) mass is 326 g/mol. The van der Waals surface area contributed by atoms with Crippen molar-refractivity contribution >= 4 is 32.5 Å². The molecule has 4 nitrogen and oxygen atoms in total. The molecular weight excluding hydrogens is 308 g/mol. The van der Waals surface area contributed by atoms with Crippen LogP contribution in [0.15, 0.2) is 35.4 Å². The van der Waals surface area contributed by atoms with Crippen LogP contribution in [-0.4, -0.2) is 36.2 Å². The number of hydrogen-bond acceptors (Lipinski definition) is 3. The van der Waals surface area contributed by atoms with E-state index in [1.807, 2.05) is 6.92 Å². The smallest absolute Gasteiger partial charge is 0.244 e. The fourth-order valence-corrected chi connectivity index (χ4v) is 4.01. The quantitative estimate of drug-likeness (QED) is 0.811. The van der Waals surface area contributed by atoms with Gasteiger partial charge in [0.2, 0.25) is 10.0 Å². The van der Waals surface area contributed by atoms with Gasteiger partial charge in [0.25, 0.3) is 0 Å². The summed E-state index contributed by atoms with van der Waals surface area (Å²) < 4.78 is 27.1. The summed E-state index contributed by atoms with van der Waals surface area (Å²) in [4.78, 5) is 4.55. The van der Waals surface area contributed by atoms with Crippen LogP contribution >= 0.6 is 11.6 Å². The summed E-state index contributed by atoms with van der Waals surface area (Å²) in [6, 6.07) is 6.94. The molecule has 114 valence electrons. The summed E-state index contributed by atoms with van der Waals surface area (Å²) >= 11 is 5.91. The average Bonchev–Trinajstić information content (AvgIpc) is 2.46. The Labute approximate surface area is 130 Å². The van der Waals surface area contributed by atoms with E-state index in [1.54, 1.807) is 51.4 Å². The molecule has 0 atom stereocenters. The summed E-state index contributed by atoms with van der Waals surface area (Å²) in [6.07, 6.45) is 1.66.